The second-order valence-corrected chi connectivity index (χ2v) is 7.90. The van der Waals surface area contributed by atoms with Crippen LogP contribution in [0.1, 0.15) is 12.0 Å². The molecule has 4 nitrogen and oxygen atoms in total. The first-order chi connectivity index (χ1) is 13.5. The Morgan fingerprint density at radius 1 is 1.00 bits per heavy atom. The highest BCUT2D eigenvalue weighted by molar-refractivity contribution is 6.31. The third kappa shape index (κ3) is 2.57. The topological polar surface area (TPSA) is 46.6 Å². The van der Waals surface area contributed by atoms with Crippen molar-refractivity contribution in [1.82, 2.24) is 0 Å². The van der Waals surface area contributed by atoms with E-state index in [1.165, 1.54) is 17.0 Å². The Morgan fingerprint density at radius 3 is 2.25 bits per heavy atom. The average Bonchev–Trinajstić information content (AvgIpc) is 3.36. The fraction of sp³-hybridized carbons (Fsp3) is 0.273. The first-order valence-electron chi connectivity index (χ1n) is 9.26. The summed E-state index contributed by atoms with van der Waals surface area (Å²) >= 11 is 6.01. The van der Waals surface area contributed by atoms with Crippen molar-refractivity contribution < 1.29 is 18.7 Å². The molecule has 0 radical (unpaired) electrons. The summed E-state index contributed by atoms with van der Waals surface area (Å²) < 4.78 is 19.5. The van der Waals surface area contributed by atoms with Gasteiger partial charge in [-0.1, -0.05) is 29.8 Å². The molecule has 5 rings (SSSR count). The van der Waals surface area contributed by atoms with Gasteiger partial charge in [0.05, 0.1) is 22.5 Å². The molecule has 2 aromatic carbocycles. The van der Waals surface area contributed by atoms with Crippen LogP contribution in [0.5, 0.6) is 5.75 Å². The van der Waals surface area contributed by atoms with Crippen LogP contribution < -0.4 is 9.64 Å². The first-order valence-corrected chi connectivity index (χ1v) is 9.64. The molecule has 142 valence electrons. The maximum Gasteiger partial charge on any atom is 0.238 e. The van der Waals surface area contributed by atoms with Gasteiger partial charge in [0.2, 0.25) is 11.8 Å². The summed E-state index contributed by atoms with van der Waals surface area (Å²) in [5.74, 6) is -0.217. The molecule has 2 bridgehead atoms. The molecule has 1 aliphatic heterocycles. The van der Waals surface area contributed by atoms with Crippen LogP contribution >= 0.6 is 11.6 Å². The van der Waals surface area contributed by atoms with E-state index in [1.807, 2.05) is 0 Å². The minimum absolute atomic E-state index is 0.00833. The van der Waals surface area contributed by atoms with Crippen LogP contribution in [0.3, 0.4) is 0 Å². The van der Waals surface area contributed by atoms with E-state index in [9.17, 15) is 14.0 Å². The van der Waals surface area contributed by atoms with Crippen molar-refractivity contribution in [2.75, 3.05) is 4.90 Å². The molecule has 0 aromatic heterocycles. The van der Waals surface area contributed by atoms with Gasteiger partial charge in [-0.2, -0.15) is 0 Å². The summed E-state index contributed by atoms with van der Waals surface area (Å²) in [7, 11) is 0. The Labute approximate surface area is 166 Å². The van der Waals surface area contributed by atoms with Crippen molar-refractivity contribution in [1.29, 1.82) is 0 Å². The van der Waals surface area contributed by atoms with E-state index in [1.54, 1.807) is 30.3 Å². The monoisotopic (exact) mass is 397 g/mol. The molecule has 4 atom stereocenters. The molecule has 1 saturated carbocycles. The van der Waals surface area contributed by atoms with Crippen LogP contribution in [-0.4, -0.2) is 11.8 Å². The number of hydrogen-bond donors (Lipinski definition) is 0. The lowest BCUT2D eigenvalue weighted by atomic mass is 9.85. The van der Waals surface area contributed by atoms with Gasteiger partial charge in [-0.05, 0) is 54.7 Å². The lowest BCUT2D eigenvalue weighted by Crippen LogP contribution is -2.32. The standard InChI is InChI=1S/C22H17ClFNO3/c23-17-2-1-3-18(24)16(17)11-28-15-8-6-14(7-9-15)25-21(26)19-12-4-5-13(10-12)20(19)22(25)27/h1-9,12-13,19-20H,10-11H2/t12-,13-,19-,20-/m0/s1. The van der Waals surface area contributed by atoms with Gasteiger partial charge < -0.3 is 4.74 Å². The number of anilines is 1. The lowest BCUT2D eigenvalue weighted by molar-refractivity contribution is -0.123. The fourth-order valence-corrected chi connectivity index (χ4v) is 4.89. The highest BCUT2D eigenvalue weighted by Gasteiger charge is 2.59. The van der Waals surface area contributed by atoms with Crippen LogP contribution in [0.2, 0.25) is 5.02 Å². The van der Waals surface area contributed by atoms with Crippen LogP contribution in [0.4, 0.5) is 10.1 Å². The molecular weight excluding hydrogens is 381 g/mol. The smallest absolute Gasteiger partial charge is 0.238 e. The predicted molar refractivity (Wildman–Crippen MR) is 102 cm³/mol. The van der Waals surface area contributed by atoms with Gasteiger partial charge in [-0.15, -0.1) is 0 Å². The second kappa shape index (κ2) is 6.45. The maximum absolute atomic E-state index is 13.8. The van der Waals surface area contributed by atoms with E-state index >= 15 is 0 Å². The maximum atomic E-state index is 13.8. The molecule has 2 amide bonds. The number of carbonyl (C=O) groups is 2. The van der Waals surface area contributed by atoms with Crippen LogP contribution in [0.15, 0.2) is 54.6 Å². The number of halogens is 2. The summed E-state index contributed by atoms with van der Waals surface area (Å²) in [5.41, 5.74) is 0.828. The fourth-order valence-electron chi connectivity index (χ4n) is 4.67. The number of amides is 2. The van der Waals surface area contributed by atoms with Gasteiger partial charge in [0.1, 0.15) is 18.2 Å². The number of benzene rings is 2. The molecule has 2 fully saturated rings. The molecule has 3 aliphatic rings. The molecule has 1 heterocycles. The molecule has 0 N–H and O–H groups in total. The van der Waals surface area contributed by atoms with E-state index in [0.29, 0.717) is 16.5 Å². The van der Waals surface area contributed by atoms with Crippen molar-refractivity contribution in [2.24, 2.45) is 23.7 Å². The average molecular weight is 398 g/mol. The van der Waals surface area contributed by atoms with Gasteiger partial charge >= 0.3 is 0 Å². The van der Waals surface area contributed by atoms with Gasteiger partial charge in [0.25, 0.3) is 0 Å². The second-order valence-electron chi connectivity index (χ2n) is 7.49. The zero-order valence-corrected chi connectivity index (χ0v) is 15.6. The zero-order chi connectivity index (χ0) is 19.4. The van der Waals surface area contributed by atoms with Crippen molar-refractivity contribution in [3.8, 4) is 5.75 Å². The molecule has 6 heteroatoms. The number of nitrogens with zero attached hydrogens (tertiary/aromatic N) is 1. The molecule has 2 aliphatic carbocycles. The Morgan fingerprint density at radius 2 is 1.64 bits per heavy atom. The minimum Gasteiger partial charge on any atom is -0.489 e. The third-order valence-corrected chi connectivity index (χ3v) is 6.36. The molecule has 28 heavy (non-hydrogen) atoms. The van der Waals surface area contributed by atoms with Crippen LogP contribution in [0, 0.1) is 29.5 Å². The Hall–Kier alpha value is -2.66. The van der Waals surface area contributed by atoms with E-state index in [0.717, 1.165) is 6.42 Å². The lowest BCUT2D eigenvalue weighted by Gasteiger charge is -2.17. The molecular formula is C22H17ClFNO3. The molecule has 0 unspecified atom stereocenters. The Bertz CT molecular complexity index is 953. The minimum atomic E-state index is -0.424. The number of allylic oxidation sites excluding steroid dienone is 2. The number of carbonyl (C=O) groups excluding carboxylic acids is 2. The zero-order valence-electron chi connectivity index (χ0n) is 14.8. The number of hydrogen-bond acceptors (Lipinski definition) is 3. The Kier molecular flexibility index (Phi) is 4.02. The van der Waals surface area contributed by atoms with Gasteiger partial charge in [0, 0.05) is 5.56 Å². The SMILES string of the molecule is O=C1[C@@H]2[C@@H](C(=O)N1c1ccc(OCc3c(F)cccc3Cl)cc1)[C@H]1C=C[C@H]2C1. The van der Waals surface area contributed by atoms with Crippen molar-refractivity contribution in [3.63, 3.8) is 0 Å². The van der Waals surface area contributed by atoms with E-state index in [2.05, 4.69) is 12.2 Å². The van der Waals surface area contributed by atoms with Crippen molar-refractivity contribution in [2.45, 2.75) is 13.0 Å². The quantitative estimate of drug-likeness (QED) is 0.568. The summed E-state index contributed by atoms with van der Waals surface area (Å²) in [6, 6.07) is 11.2. The van der Waals surface area contributed by atoms with Crippen molar-refractivity contribution in [3.05, 3.63) is 71.0 Å². The number of imide groups is 1. The molecule has 1 saturated heterocycles. The number of ether oxygens (including phenoxy) is 1. The predicted octanol–water partition coefficient (Wildman–Crippen LogP) is 4.37. The molecule has 2 aromatic rings. The van der Waals surface area contributed by atoms with E-state index < -0.39 is 5.82 Å². The summed E-state index contributed by atoms with van der Waals surface area (Å²) in [6.07, 6.45) is 5.06. The third-order valence-electron chi connectivity index (χ3n) is 6.01. The largest absolute Gasteiger partial charge is 0.489 e. The molecule has 0 spiro atoms. The van der Waals surface area contributed by atoms with Crippen LogP contribution in [0.25, 0.3) is 0 Å². The highest BCUT2D eigenvalue weighted by Crippen LogP contribution is 2.53. The normalized spacial score (nSPS) is 27.6. The number of rotatable bonds is 4. The van der Waals surface area contributed by atoms with Crippen LogP contribution in [-0.2, 0) is 16.2 Å². The van der Waals surface area contributed by atoms with Gasteiger partial charge in [0.15, 0.2) is 0 Å². The summed E-state index contributed by atoms with van der Waals surface area (Å²) in [4.78, 5) is 27.0. The first kappa shape index (κ1) is 17.4. The van der Waals surface area contributed by atoms with Gasteiger partial charge in [-0.25, -0.2) is 4.39 Å². The number of fused-ring (bicyclic) bond motifs is 5. The van der Waals surface area contributed by atoms with Gasteiger partial charge in [-0.3, -0.25) is 14.5 Å². The summed E-state index contributed by atoms with van der Waals surface area (Å²) in [5, 5.41) is 0.305. The van der Waals surface area contributed by atoms with E-state index in [-0.39, 0.29) is 47.7 Å². The van der Waals surface area contributed by atoms with Crippen molar-refractivity contribution >= 4 is 29.1 Å². The summed E-state index contributed by atoms with van der Waals surface area (Å²) in [6.45, 7) is -0.00833. The van der Waals surface area contributed by atoms with E-state index in [4.69, 9.17) is 16.3 Å². The Balaban J connectivity index is 1.32. The highest BCUT2D eigenvalue weighted by atomic mass is 35.5.